The lowest BCUT2D eigenvalue weighted by molar-refractivity contribution is -0.138. The molecule has 68 heavy (non-hydrogen) atoms. The summed E-state index contributed by atoms with van der Waals surface area (Å²) in [6.07, 6.45) is 4.92. The van der Waals surface area contributed by atoms with Gasteiger partial charge in [0.25, 0.3) is 0 Å². The summed E-state index contributed by atoms with van der Waals surface area (Å²) in [6.45, 7) is 14.7. The van der Waals surface area contributed by atoms with Crippen LogP contribution in [0.1, 0.15) is 105 Å². The van der Waals surface area contributed by atoms with Crippen LogP contribution >= 0.6 is 0 Å². The van der Waals surface area contributed by atoms with E-state index in [0.29, 0.717) is 23.5 Å². The molecule has 5 heterocycles. The zero-order valence-corrected chi connectivity index (χ0v) is 39.9. The highest BCUT2D eigenvalue weighted by Gasteiger charge is 2.34. The van der Waals surface area contributed by atoms with Gasteiger partial charge in [0.1, 0.15) is 0 Å². The maximum Gasteiger partial charge on any atom is 0.416 e. The number of amides is 3. The van der Waals surface area contributed by atoms with Crippen molar-refractivity contribution >= 4 is 56.6 Å². The van der Waals surface area contributed by atoms with Crippen LogP contribution in [0, 0.1) is 13.8 Å². The van der Waals surface area contributed by atoms with Crippen LogP contribution in [-0.4, -0.2) is 124 Å². The molecule has 0 bridgehead atoms. The fraction of sp³-hybridized carbons (Fsp3) is 0.529. The van der Waals surface area contributed by atoms with Gasteiger partial charge in [0.15, 0.2) is 5.82 Å². The third-order valence-corrected chi connectivity index (χ3v) is 14.3. The number of nitrogens with zero attached hydrogens (tertiary/aromatic N) is 8. The number of carbonyl (C=O) groups is 3. The standard InChI is InChI=1S/C51H66F3N11O3/c1-34-38(14-12-16-43(34)51(52,53)54)35(2)56-49-42-32-37(18-19-39(42)36(3)58-59-49)64-28-24-62(25-29-64)22-10-8-6-5-7-9-11-23-63-26-30-65(31-27-63)46(67)33-55-44-17-13-15-40-47(60-61(4)48(40)44)41-20-21-45(66)57-50(41)68/h12-19,32,35,41,55H,5-11,20-31,33H2,1-4H3,(H,56,59)(H,57,66,68)/t35-,41?/m1/s1. The highest BCUT2D eigenvalue weighted by Crippen LogP contribution is 2.37. The molecule has 2 aromatic heterocycles. The first-order chi connectivity index (χ1) is 32.7. The van der Waals surface area contributed by atoms with Crippen LogP contribution < -0.4 is 20.9 Å². The topological polar surface area (TPSA) is 144 Å². The van der Waals surface area contributed by atoms with Crippen LogP contribution in [0.2, 0.25) is 0 Å². The summed E-state index contributed by atoms with van der Waals surface area (Å²) < 4.78 is 42.7. The first-order valence-corrected chi connectivity index (χ1v) is 24.5. The number of aromatic nitrogens is 4. The van der Waals surface area contributed by atoms with E-state index in [1.807, 2.05) is 44.0 Å². The number of nitrogens with one attached hydrogen (secondary N) is 3. The van der Waals surface area contributed by atoms with Gasteiger partial charge in [-0.3, -0.25) is 34.2 Å². The molecule has 3 aliphatic rings. The van der Waals surface area contributed by atoms with E-state index in [4.69, 9.17) is 0 Å². The molecule has 3 aromatic carbocycles. The van der Waals surface area contributed by atoms with Crippen LogP contribution in [0.4, 0.5) is 30.4 Å². The fourth-order valence-corrected chi connectivity index (χ4v) is 10.3. The molecule has 364 valence electrons. The third-order valence-electron chi connectivity index (χ3n) is 14.3. The summed E-state index contributed by atoms with van der Waals surface area (Å²) in [6, 6.07) is 16.0. The summed E-state index contributed by atoms with van der Waals surface area (Å²) in [7, 11) is 1.83. The van der Waals surface area contributed by atoms with E-state index in [9.17, 15) is 27.6 Å². The Morgan fingerprint density at radius 3 is 2.15 bits per heavy atom. The van der Waals surface area contributed by atoms with Crippen molar-refractivity contribution in [3.8, 4) is 0 Å². The van der Waals surface area contributed by atoms with Crippen LogP contribution in [0.25, 0.3) is 21.7 Å². The fourth-order valence-electron chi connectivity index (χ4n) is 10.3. The number of alkyl halides is 3. The first-order valence-electron chi connectivity index (χ1n) is 24.5. The van der Waals surface area contributed by atoms with Gasteiger partial charge in [0, 0.05) is 87.7 Å². The average Bonchev–Trinajstić information content (AvgIpc) is 3.67. The molecule has 0 saturated carbocycles. The quantitative estimate of drug-likeness (QED) is 0.0582. The summed E-state index contributed by atoms with van der Waals surface area (Å²) in [4.78, 5) is 46.9. The van der Waals surface area contributed by atoms with E-state index >= 15 is 0 Å². The van der Waals surface area contributed by atoms with Crippen molar-refractivity contribution < 1.29 is 27.6 Å². The summed E-state index contributed by atoms with van der Waals surface area (Å²) in [5, 5.41) is 25.3. The third kappa shape index (κ3) is 11.4. The monoisotopic (exact) mass is 938 g/mol. The van der Waals surface area contributed by atoms with Crippen molar-refractivity contribution in [1.29, 1.82) is 0 Å². The number of anilines is 3. The average molecular weight is 938 g/mol. The van der Waals surface area contributed by atoms with E-state index in [1.165, 1.54) is 57.9 Å². The number of hydrogen-bond donors (Lipinski definition) is 3. The van der Waals surface area contributed by atoms with E-state index in [0.717, 1.165) is 110 Å². The molecule has 5 aromatic rings. The molecule has 0 radical (unpaired) electrons. The molecule has 0 spiro atoms. The van der Waals surface area contributed by atoms with E-state index in [2.05, 4.69) is 64.1 Å². The second kappa shape index (κ2) is 21.6. The van der Waals surface area contributed by atoms with Crippen molar-refractivity contribution in [1.82, 2.24) is 40.0 Å². The van der Waals surface area contributed by atoms with Gasteiger partial charge in [0.2, 0.25) is 17.7 Å². The second-order valence-electron chi connectivity index (χ2n) is 18.8. The molecule has 14 nitrogen and oxygen atoms in total. The molecule has 3 saturated heterocycles. The van der Waals surface area contributed by atoms with Crippen molar-refractivity contribution in [2.45, 2.75) is 96.7 Å². The maximum absolute atomic E-state index is 13.7. The van der Waals surface area contributed by atoms with Crippen LogP contribution in [-0.2, 0) is 27.6 Å². The van der Waals surface area contributed by atoms with Crippen LogP contribution in [0.3, 0.4) is 0 Å². The van der Waals surface area contributed by atoms with Gasteiger partial charge in [0.05, 0.1) is 46.7 Å². The van der Waals surface area contributed by atoms with Gasteiger partial charge >= 0.3 is 6.18 Å². The zero-order chi connectivity index (χ0) is 48.0. The molecule has 17 heteroatoms. The highest BCUT2D eigenvalue weighted by molar-refractivity contribution is 6.04. The Bertz CT molecular complexity index is 2580. The molecule has 2 atom stereocenters. The van der Waals surface area contributed by atoms with Crippen molar-refractivity contribution in [2.24, 2.45) is 7.05 Å². The van der Waals surface area contributed by atoms with Gasteiger partial charge in [-0.2, -0.15) is 23.4 Å². The second-order valence-corrected chi connectivity index (χ2v) is 18.8. The van der Waals surface area contributed by atoms with E-state index < -0.39 is 23.7 Å². The highest BCUT2D eigenvalue weighted by atomic mass is 19.4. The number of carbonyl (C=O) groups excluding carboxylic acids is 3. The van der Waals surface area contributed by atoms with Crippen LogP contribution in [0.15, 0.2) is 54.6 Å². The Morgan fingerprint density at radius 1 is 0.809 bits per heavy atom. The Hall–Kier alpha value is -5.81. The number of hydrogen-bond acceptors (Lipinski definition) is 11. The molecule has 3 amide bonds. The SMILES string of the molecule is Cc1c([C@@H](C)Nc2nnc(C)c3ccc(N4CCN(CCCCCCCCCN5CCN(C(=O)CNc6cccc7c(C8CCC(=O)NC8=O)nn(C)c67)CC5)CC4)cc23)cccc1C(F)(F)F. The molecular formula is C51H66F3N11O3. The number of fused-ring (bicyclic) bond motifs is 2. The van der Waals surface area contributed by atoms with Crippen molar-refractivity contribution in [3.05, 3.63) is 82.7 Å². The van der Waals surface area contributed by atoms with Gasteiger partial charge in [-0.15, -0.1) is 5.10 Å². The molecule has 3 N–H and O–H groups in total. The number of benzene rings is 3. The lowest BCUT2D eigenvalue weighted by atomic mass is 9.92. The number of piperazine rings is 2. The normalized spacial score (nSPS) is 18.1. The Kier molecular flexibility index (Phi) is 15.5. The summed E-state index contributed by atoms with van der Waals surface area (Å²) >= 11 is 0. The molecule has 8 rings (SSSR count). The number of piperidine rings is 1. The van der Waals surface area contributed by atoms with Crippen LogP contribution in [0.5, 0.6) is 0 Å². The number of rotatable bonds is 18. The van der Waals surface area contributed by atoms with E-state index in [1.54, 1.807) is 10.7 Å². The lowest BCUT2D eigenvalue weighted by Gasteiger charge is -2.36. The maximum atomic E-state index is 13.7. The first kappa shape index (κ1) is 48.6. The number of para-hydroxylation sites is 1. The number of unbranched alkanes of at least 4 members (excludes halogenated alkanes) is 6. The molecule has 3 fully saturated rings. The molecule has 1 unspecified atom stereocenters. The van der Waals surface area contributed by atoms with E-state index in [-0.39, 0.29) is 36.3 Å². The predicted octanol–water partition coefficient (Wildman–Crippen LogP) is 7.95. The molecular weight excluding hydrogens is 872 g/mol. The van der Waals surface area contributed by atoms with Gasteiger partial charge in [-0.25, -0.2) is 0 Å². The Morgan fingerprint density at radius 2 is 1.47 bits per heavy atom. The minimum absolute atomic E-state index is 0.0666. The lowest BCUT2D eigenvalue weighted by Crippen LogP contribution is -2.50. The minimum Gasteiger partial charge on any atom is -0.374 e. The van der Waals surface area contributed by atoms with Gasteiger partial charge in [-0.05, 0) is 88.5 Å². The Labute approximate surface area is 397 Å². The molecule has 0 aliphatic carbocycles. The zero-order valence-electron chi connectivity index (χ0n) is 39.9. The summed E-state index contributed by atoms with van der Waals surface area (Å²) in [5.74, 6) is -0.417. The van der Waals surface area contributed by atoms with Crippen molar-refractivity contribution in [3.63, 3.8) is 0 Å². The van der Waals surface area contributed by atoms with Crippen molar-refractivity contribution in [2.75, 3.05) is 87.5 Å². The van der Waals surface area contributed by atoms with Gasteiger partial charge < -0.3 is 20.4 Å². The smallest absolute Gasteiger partial charge is 0.374 e. The number of aryl methyl sites for hydroxylation is 2. The predicted molar refractivity (Wildman–Crippen MR) is 261 cm³/mol. The largest absolute Gasteiger partial charge is 0.416 e. The summed E-state index contributed by atoms with van der Waals surface area (Å²) in [5.41, 5.74) is 4.36. The Balaban J connectivity index is 0.690. The number of imide groups is 1. The minimum atomic E-state index is -4.41. The van der Waals surface area contributed by atoms with Gasteiger partial charge in [-0.1, -0.05) is 62.4 Å². The number of halogens is 3. The molecule has 3 aliphatic heterocycles.